The molecule has 0 radical (unpaired) electrons. The van der Waals surface area contributed by atoms with E-state index >= 15 is 0 Å². The topological polar surface area (TPSA) is 41.1 Å². The largest absolute Gasteiger partial charge is 0.355 e. The van der Waals surface area contributed by atoms with Crippen molar-refractivity contribution >= 4 is 5.91 Å². The highest BCUT2D eigenvalue weighted by Crippen LogP contribution is 2.36. The number of carbonyl (C=O) groups excluding carboxylic acids is 1. The van der Waals surface area contributed by atoms with Crippen molar-refractivity contribution in [3.63, 3.8) is 0 Å². The fourth-order valence-electron chi connectivity index (χ4n) is 2.29. The summed E-state index contributed by atoms with van der Waals surface area (Å²) in [6.45, 7) is 4.15. The van der Waals surface area contributed by atoms with E-state index in [1.54, 1.807) is 0 Å². The van der Waals surface area contributed by atoms with Crippen molar-refractivity contribution in [2.24, 2.45) is 11.8 Å². The van der Waals surface area contributed by atoms with Crippen LogP contribution in [0.5, 0.6) is 0 Å². The molecule has 3 nitrogen and oxygen atoms in total. The van der Waals surface area contributed by atoms with Gasteiger partial charge in [0.05, 0.1) is 6.04 Å². The molecule has 0 aromatic rings. The third-order valence-corrected chi connectivity index (χ3v) is 3.65. The van der Waals surface area contributed by atoms with E-state index in [0.29, 0.717) is 0 Å². The summed E-state index contributed by atoms with van der Waals surface area (Å²) in [4.78, 5) is 11.6. The van der Waals surface area contributed by atoms with Crippen LogP contribution in [0.15, 0.2) is 0 Å². The lowest BCUT2D eigenvalue weighted by molar-refractivity contribution is -0.122. The zero-order chi connectivity index (χ0) is 10.7. The van der Waals surface area contributed by atoms with Gasteiger partial charge in [0.2, 0.25) is 5.91 Å². The van der Waals surface area contributed by atoms with Gasteiger partial charge in [-0.3, -0.25) is 4.79 Å². The van der Waals surface area contributed by atoms with Crippen LogP contribution in [0.3, 0.4) is 0 Å². The van der Waals surface area contributed by atoms with Gasteiger partial charge >= 0.3 is 0 Å². The van der Waals surface area contributed by atoms with Crippen LogP contribution in [-0.2, 0) is 4.79 Å². The Bertz CT molecular complexity index is 226. The number of hydrogen-bond donors (Lipinski definition) is 2. The molecular formula is C12H22N2O. The summed E-state index contributed by atoms with van der Waals surface area (Å²) in [5, 5.41) is 6.38. The molecule has 2 aliphatic rings. The predicted molar refractivity (Wildman–Crippen MR) is 60.5 cm³/mol. The highest BCUT2D eigenvalue weighted by molar-refractivity contribution is 5.81. The first-order chi connectivity index (χ1) is 7.27. The smallest absolute Gasteiger partial charge is 0.237 e. The van der Waals surface area contributed by atoms with Gasteiger partial charge < -0.3 is 10.6 Å². The first-order valence-electron chi connectivity index (χ1n) is 6.28. The van der Waals surface area contributed by atoms with Crippen molar-refractivity contribution in [3.8, 4) is 0 Å². The molecule has 0 aromatic carbocycles. The second-order valence-electron chi connectivity index (χ2n) is 5.06. The lowest BCUT2D eigenvalue weighted by atomic mass is 10.1. The van der Waals surface area contributed by atoms with E-state index in [4.69, 9.17) is 0 Å². The van der Waals surface area contributed by atoms with E-state index in [-0.39, 0.29) is 11.9 Å². The van der Waals surface area contributed by atoms with Crippen molar-refractivity contribution in [2.45, 2.75) is 45.1 Å². The zero-order valence-electron chi connectivity index (χ0n) is 9.59. The first-order valence-corrected chi connectivity index (χ1v) is 6.28. The standard InChI is InChI=1S/C12H22N2O/c1-9(10-5-6-10)8-14-11-4-2-3-7-13-12(11)15/h9-11,14H,2-8H2,1H3,(H,13,15). The van der Waals surface area contributed by atoms with Gasteiger partial charge in [-0.15, -0.1) is 0 Å². The Morgan fingerprint density at radius 3 is 2.93 bits per heavy atom. The molecule has 1 aliphatic heterocycles. The molecule has 1 heterocycles. The fraction of sp³-hybridized carbons (Fsp3) is 0.917. The Morgan fingerprint density at radius 1 is 1.40 bits per heavy atom. The van der Waals surface area contributed by atoms with Crippen molar-refractivity contribution in [1.82, 2.24) is 10.6 Å². The summed E-state index contributed by atoms with van der Waals surface area (Å²) in [6, 6.07) is 0.0636. The van der Waals surface area contributed by atoms with Crippen LogP contribution in [0.4, 0.5) is 0 Å². The van der Waals surface area contributed by atoms with Crippen molar-refractivity contribution in [2.75, 3.05) is 13.1 Å². The van der Waals surface area contributed by atoms with E-state index in [1.165, 1.54) is 12.8 Å². The van der Waals surface area contributed by atoms with Gasteiger partial charge in [0.1, 0.15) is 0 Å². The third-order valence-electron chi connectivity index (χ3n) is 3.65. The van der Waals surface area contributed by atoms with Gasteiger partial charge in [0.15, 0.2) is 0 Å². The van der Waals surface area contributed by atoms with Crippen LogP contribution < -0.4 is 10.6 Å². The van der Waals surface area contributed by atoms with Gasteiger partial charge in [-0.2, -0.15) is 0 Å². The summed E-state index contributed by atoms with van der Waals surface area (Å²) in [5.41, 5.74) is 0. The number of carbonyl (C=O) groups is 1. The maximum Gasteiger partial charge on any atom is 0.237 e. The third kappa shape index (κ3) is 3.20. The summed E-state index contributed by atoms with van der Waals surface area (Å²) < 4.78 is 0. The molecule has 2 rings (SSSR count). The Morgan fingerprint density at radius 2 is 2.20 bits per heavy atom. The summed E-state index contributed by atoms with van der Waals surface area (Å²) in [7, 11) is 0. The number of rotatable bonds is 4. The lowest BCUT2D eigenvalue weighted by Crippen LogP contribution is -2.44. The first kappa shape index (κ1) is 10.9. The second kappa shape index (κ2) is 4.97. The minimum Gasteiger partial charge on any atom is -0.355 e. The van der Waals surface area contributed by atoms with Gasteiger partial charge in [-0.1, -0.05) is 6.92 Å². The molecular weight excluding hydrogens is 188 g/mol. The fourth-order valence-corrected chi connectivity index (χ4v) is 2.29. The molecule has 0 spiro atoms. The molecule has 1 aliphatic carbocycles. The Hall–Kier alpha value is -0.570. The molecule has 15 heavy (non-hydrogen) atoms. The number of nitrogens with one attached hydrogen (secondary N) is 2. The Labute approximate surface area is 92.0 Å². The number of hydrogen-bond acceptors (Lipinski definition) is 2. The zero-order valence-corrected chi connectivity index (χ0v) is 9.59. The van der Waals surface area contributed by atoms with E-state index in [9.17, 15) is 4.79 Å². The maximum absolute atomic E-state index is 11.6. The van der Waals surface area contributed by atoms with Crippen molar-refractivity contribution in [1.29, 1.82) is 0 Å². The Balaban J connectivity index is 1.73. The van der Waals surface area contributed by atoms with Gasteiger partial charge in [0, 0.05) is 6.54 Å². The van der Waals surface area contributed by atoms with Crippen LogP contribution in [0.1, 0.15) is 39.0 Å². The van der Waals surface area contributed by atoms with E-state index in [1.807, 2.05) is 0 Å². The molecule has 1 amide bonds. The molecule has 2 N–H and O–H groups in total. The molecule has 2 fully saturated rings. The lowest BCUT2D eigenvalue weighted by Gasteiger charge is -2.18. The molecule has 86 valence electrons. The summed E-state index contributed by atoms with van der Waals surface area (Å²) in [6.07, 6.45) is 6.07. The van der Waals surface area contributed by atoms with E-state index in [2.05, 4.69) is 17.6 Å². The maximum atomic E-state index is 11.6. The minimum absolute atomic E-state index is 0.0636. The number of amides is 1. The summed E-state index contributed by atoms with van der Waals surface area (Å²) >= 11 is 0. The van der Waals surface area contributed by atoms with Gasteiger partial charge in [-0.05, 0) is 50.5 Å². The highest BCUT2D eigenvalue weighted by Gasteiger charge is 2.29. The van der Waals surface area contributed by atoms with Crippen molar-refractivity contribution < 1.29 is 4.79 Å². The molecule has 1 saturated carbocycles. The molecule has 2 atom stereocenters. The average Bonchev–Trinajstić information content (AvgIpc) is 3.02. The van der Waals surface area contributed by atoms with E-state index in [0.717, 1.165) is 44.2 Å². The molecule has 0 bridgehead atoms. The average molecular weight is 210 g/mol. The molecule has 1 saturated heterocycles. The predicted octanol–water partition coefficient (Wildman–Crippen LogP) is 1.29. The quantitative estimate of drug-likeness (QED) is 0.734. The van der Waals surface area contributed by atoms with E-state index < -0.39 is 0 Å². The van der Waals surface area contributed by atoms with Crippen LogP contribution >= 0.6 is 0 Å². The van der Waals surface area contributed by atoms with Gasteiger partial charge in [0.25, 0.3) is 0 Å². The van der Waals surface area contributed by atoms with Crippen LogP contribution in [0.25, 0.3) is 0 Å². The minimum atomic E-state index is 0.0636. The Kier molecular flexibility index (Phi) is 3.62. The van der Waals surface area contributed by atoms with Crippen LogP contribution in [0.2, 0.25) is 0 Å². The van der Waals surface area contributed by atoms with Crippen LogP contribution in [-0.4, -0.2) is 25.0 Å². The molecule has 3 heteroatoms. The van der Waals surface area contributed by atoms with Gasteiger partial charge in [-0.25, -0.2) is 0 Å². The summed E-state index contributed by atoms with van der Waals surface area (Å²) in [5.74, 6) is 1.86. The monoisotopic (exact) mass is 210 g/mol. The normalized spacial score (nSPS) is 29.4. The SMILES string of the molecule is CC(CNC1CCCCNC1=O)C1CC1. The second-order valence-corrected chi connectivity index (χ2v) is 5.06. The van der Waals surface area contributed by atoms with Crippen LogP contribution in [0, 0.1) is 11.8 Å². The highest BCUT2D eigenvalue weighted by atomic mass is 16.2. The van der Waals surface area contributed by atoms with Crippen molar-refractivity contribution in [3.05, 3.63) is 0 Å². The molecule has 0 aromatic heterocycles. The molecule has 2 unspecified atom stereocenters.